The molecule has 0 bridgehead atoms. The maximum Gasteiger partial charge on any atom is 0.159 e. The van der Waals surface area contributed by atoms with Crippen molar-refractivity contribution in [1.29, 1.82) is 0 Å². The molecule has 0 N–H and O–H groups in total. The smallest absolute Gasteiger partial charge is 0.159 e. The van der Waals surface area contributed by atoms with Gasteiger partial charge in [-0.15, -0.1) is 13.2 Å². The Bertz CT molecular complexity index is 1170. The lowest BCUT2D eigenvalue weighted by atomic mass is 9.92. The van der Waals surface area contributed by atoms with Gasteiger partial charge in [-0.25, -0.2) is 4.98 Å². The van der Waals surface area contributed by atoms with Crippen LogP contribution in [0.25, 0.3) is 34.0 Å². The van der Waals surface area contributed by atoms with E-state index in [-0.39, 0.29) is 0 Å². The highest BCUT2D eigenvalue weighted by molar-refractivity contribution is 5.83. The van der Waals surface area contributed by atoms with Crippen LogP contribution in [0.5, 0.6) is 0 Å². The fourth-order valence-corrected chi connectivity index (χ4v) is 3.93. The molecule has 0 unspecified atom stereocenters. The predicted octanol–water partition coefficient (Wildman–Crippen LogP) is 6.27. The summed E-state index contributed by atoms with van der Waals surface area (Å²) >= 11 is 0. The van der Waals surface area contributed by atoms with E-state index in [4.69, 9.17) is 4.98 Å². The number of pyridine rings is 1. The molecule has 0 aliphatic carbocycles. The predicted molar refractivity (Wildman–Crippen MR) is 125 cm³/mol. The van der Waals surface area contributed by atoms with Gasteiger partial charge < -0.3 is 4.57 Å². The maximum atomic E-state index is 5.11. The van der Waals surface area contributed by atoms with Crippen molar-refractivity contribution in [3.8, 4) is 34.0 Å². The number of nitrogens with zero attached hydrogens (tertiary/aromatic N) is 3. The van der Waals surface area contributed by atoms with Crippen LogP contribution in [0, 0.1) is 0 Å². The molecule has 0 saturated carbocycles. The lowest BCUT2D eigenvalue weighted by Gasteiger charge is -2.14. The van der Waals surface area contributed by atoms with Gasteiger partial charge in [0.1, 0.15) is 5.69 Å². The Kier molecular flexibility index (Phi) is 5.71. The molecule has 0 amide bonds. The maximum absolute atomic E-state index is 5.11. The van der Waals surface area contributed by atoms with Gasteiger partial charge in [-0.1, -0.05) is 66.7 Å². The van der Waals surface area contributed by atoms with Gasteiger partial charge >= 0.3 is 0 Å². The number of benzene rings is 2. The lowest BCUT2D eigenvalue weighted by molar-refractivity contribution is 0.925. The van der Waals surface area contributed by atoms with Gasteiger partial charge in [-0.3, -0.25) is 4.98 Å². The zero-order valence-electron chi connectivity index (χ0n) is 17.3. The first kappa shape index (κ1) is 19.6. The first-order chi connectivity index (χ1) is 14.7. The third kappa shape index (κ3) is 3.62. The lowest BCUT2D eigenvalue weighted by Crippen LogP contribution is -1.98. The molecule has 0 radical (unpaired) electrons. The van der Waals surface area contributed by atoms with Gasteiger partial charge in [0.25, 0.3) is 0 Å². The van der Waals surface area contributed by atoms with Crippen LogP contribution in [0.4, 0.5) is 0 Å². The highest BCUT2D eigenvalue weighted by Crippen LogP contribution is 2.37. The van der Waals surface area contributed by atoms with E-state index in [0.29, 0.717) is 0 Å². The largest absolute Gasteiger partial charge is 0.325 e. The molecule has 0 fully saturated rings. The van der Waals surface area contributed by atoms with Crippen molar-refractivity contribution in [3.63, 3.8) is 0 Å². The highest BCUT2D eigenvalue weighted by Gasteiger charge is 2.21. The van der Waals surface area contributed by atoms with Crippen LogP contribution >= 0.6 is 0 Å². The van der Waals surface area contributed by atoms with Crippen molar-refractivity contribution in [3.05, 3.63) is 109 Å². The summed E-state index contributed by atoms with van der Waals surface area (Å²) in [5.41, 5.74) is 7.66. The van der Waals surface area contributed by atoms with Crippen LogP contribution in [0.1, 0.15) is 11.1 Å². The summed E-state index contributed by atoms with van der Waals surface area (Å²) in [6.07, 6.45) is 7.30. The molecule has 3 nitrogen and oxygen atoms in total. The van der Waals surface area contributed by atoms with Crippen LogP contribution in [0.15, 0.2) is 98.2 Å². The highest BCUT2D eigenvalue weighted by atomic mass is 15.1. The summed E-state index contributed by atoms with van der Waals surface area (Å²) in [7, 11) is 2.06. The average molecular weight is 392 g/mol. The Balaban J connectivity index is 2.02. The Hall–Kier alpha value is -3.72. The number of allylic oxidation sites excluding steroid dienone is 2. The Morgan fingerprint density at radius 2 is 1.63 bits per heavy atom. The summed E-state index contributed by atoms with van der Waals surface area (Å²) in [6, 6.07) is 22.7. The standard InChI is InChI=1S/C27H25N3/c1-4-12-20-16-11-17-23(22(20)13-5-2)25-26(21-14-7-6-8-15-21)30(3)27(29-25)24-18-9-10-19-28-24/h4-11,14-19H,1-2,12-13H2,3H3. The number of rotatable bonds is 7. The zero-order valence-corrected chi connectivity index (χ0v) is 17.3. The number of aromatic nitrogens is 3. The fraction of sp³-hybridized carbons (Fsp3) is 0.111. The zero-order chi connectivity index (χ0) is 20.9. The van der Waals surface area contributed by atoms with Crippen LogP contribution < -0.4 is 0 Å². The summed E-state index contributed by atoms with van der Waals surface area (Å²) in [4.78, 5) is 9.66. The van der Waals surface area contributed by atoms with E-state index in [1.807, 2.05) is 36.4 Å². The molecule has 4 rings (SSSR count). The SMILES string of the molecule is C=CCc1cccc(-c2nc(-c3ccccn3)n(C)c2-c2ccccc2)c1CC=C. The van der Waals surface area contributed by atoms with Crippen LogP contribution in [0.2, 0.25) is 0 Å². The second-order valence-electron chi connectivity index (χ2n) is 7.20. The Morgan fingerprint density at radius 1 is 0.867 bits per heavy atom. The molecule has 30 heavy (non-hydrogen) atoms. The van der Waals surface area contributed by atoms with E-state index in [1.165, 1.54) is 11.1 Å². The van der Waals surface area contributed by atoms with Gasteiger partial charge in [0, 0.05) is 24.4 Å². The molecule has 148 valence electrons. The van der Waals surface area contributed by atoms with Gasteiger partial charge in [0.05, 0.1) is 11.4 Å². The molecule has 0 spiro atoms. The Morgan fingerprint density at radius 3 is 2.33 bits per heavy atom. The average Bonchev–Trinajstić information content (AvgIpc) is 3.13. The van der Waals surface area contributed by atoms with Crippen molar-refractivity contribution >= 4 is 0 Å². The Labute approximate surface area is 178 Å². The second-order valence-corrected chi connectivity index (χ2v) is 7.20. The first-order valence-corrected chi connectivity index (χ1v) is 10.1. The van der Waals surface area contributed by atoms with Crippen LogP contribution in [-0.2, 0) is 19.9 Å². The van der Waals surface area contributed by atoms with Crippen molar-refractivity contribution in [2.75, 3.05) is 0 Å². The van der Waals surface area contributed by atoms with Crippen molar-refractivity contribution in [1.82, 2.24) is 14.5 Å². The minimum atomic E-state index is 0.781. The molecular formula is C27H25N3. The van der Waals surface area contributed by atoms with Gasteiger partial charge in [0.15, 0.2) is 5.82 Å². The van der Waals surface area contributed by atoms with Crippen LogP contribution in [-0.4, -0.2) is 14.5 Å². The molecule has 0 saturated heterocycles. The normalized spacial score (nSPS) is 10.7. The van der Waals surface area contributed by atoms with Crippen molar-refractivity contribution in [2.24, 2.45) is 7.05 Å². The number of hydrogen-bond acceptors (Lipinski definition) is 2. The fourth-order valence-electron chi connectivity index (χ4n) is 3.93. The topological polar surface area (TPSA) is 30.7 Å². The molecular weight excluding hydrogens is 366 g/mol. The monoisotopic (exact) mass is 391 g/mol. The third-order valence-corrected chi connectivity index (χ3v) is 5.28. The van der Waals surface area contributed by atoms with E-state index < -0.39 is 0 Å². The van der Waals surface area contributed by atoms with Crippen molar-refractivity contribution < 1.29 is 0 Å². The van der Waals surface area contributed by atoms with Crippen molar-refractivity contribution in [2.45, 2.75) is 12.8 Å². The van der Waals surface area contributed by atoms with E-state index >= 15 is 0 Å². The molecule has 0 atom stereocenters. The van der Waals surface area contributed by atoms with E-state index in [0.717, 1.165) is 46.9 Å². The van der Waals surface area contributed by atoms with E-state index in [9.17, 15) is 0 Å². The molecule has 2 heterocycles. The quantitative estimate of drug-likeness (QED) is 0.347. The molecule has 3 heteroatoms. The molecule has 0 aliphatic heterocycles. The van der Waals surface area contributed by atoms with E-state index in [1.54, 1.807) is 6.20 Å². The summed E-state index contributed by atoms with van der Waals surface area (Å²) in [5, 5.41) is 0. The van der Waals surface area contributed by atoms with E-state index in [2.05, 4.69) is 72.2 Å². The third-order valence-electron chi connectivity index (χ3n) is 5.28. The molecule has 2 aromatic heterocycles. The van der Waals surface area contributed by atoms with Gasteiger partial charge in [0.2, 0.25) is 0 Å². The summed E-state index contributed by atoms with van der Waals surface area (Å²) in [6.45, 7) is 7.91. The minimum Gasteiger partial charge on any atom is -0.325 e. The summed E-state index contributed by atoms with van der Waals surface area (Å²) in [5.74, 6) is 0.850. The van der Waals surface area contributed by atoms with Gasteiger partial charge in [-0.2, -0.15) is 0 Å². The van der Waals surface area contributed by atoms with Gasteiger partial charge in [-0.05, 0) is 36.1 Å². The number of imidazole rings is 1. The number of hydrogen-bond donors (Lipinski definition) is 0. The summed E-state index contributed by atoms with van der Waals surface area (Å²) < 4.78 is 2.14. The second kappa shape index (κ2) is 8.75. The molecule has 0 aliphatic rings. The molecule has 4 aromatic rings. The molecule has 2 aromatic carbocycles. The van der Waals surface area contributed by atoms with Crippen LogP contribution in [0.3, 0.4) is 0 Å². The first-order valence-electron chi connectivity index (χ1n) is 10.1. The minimum absolute atomic E-state index is 0.781.